The lowest BCUT2D eigenvalue weighted by Gasteiger charge is -2.51. The van der Waals surface area contributed by atoms with Crippen molar-refractivity contribution < 1.29 is 28.8 Å². The van der Waals surface area contributed by atoms with Gasteiger partial charge in [0.1, 0.15) is 35.6 Å². The van der Waals surface area contributed by atoms with E-state index in [0.29, 0.717) is 23.9 Å². The third-order valence-corrected chi connectivity index (χ3v) is 9.87. The number of amides is 2. The molecule has 0 radical (unpaired) electrons. The van der Waals surface area contributed by atoms with Crippen LogP contribution >= 0.6 is 34.7 Å². The van der Waals surface area contributed by atoms with Crippen LogP contribution < -0.4 is 16.2 Å². The van der Waals surface area contributed by atoms with Gasteiger partial charge in [-0.2, -0.15) is 0 Å². The number of nitrogens with zero attached hydrogens (tertiary/aromatic N) is 4. The van der Waals surface area contributed by atoms with Crippen LogP contribution in [-0.4, -0.2) is 92.7 Å². The SMILES string of the molecule is CO/N=C(\C(=O)N[C@@H]1C(=O)N2C(C(=O)[O-])=C(C[N+]34CCC(Cl)(CC3C)C4)CS[C@H]12)c1csc(N)n1. The number of nitrogens with two attached hydrogens (primary N) is 1. The molecule has 3 saturated heterocycles. The maximum Gasteiger partial charge on any atom is 0.276 e. The number of carboxylic acids is 1. The molecule has 1 aromatic rings. The zero-order chi connectivity index (χ0) is 25.1. The van der Waals surface area contributed by atoms with Crippen LogP contribution in [-0.2, 0) is 19.2 Å². The van der Waals surface area contributed by atoms with Crippen molar-refractivity contribution in [1.82, 2.24) is 15.2 Å². The third-order valence-electron chi connectivity index (χ3n) is 7.39. The van der Waals surface area contributed by atoms with E-state index in [9.17, 15) is 19.5 Å². The Hall–Kier alpha value is -2.35. The van der Waals surface area contributed by atoms with Crippen LogP contribution in [0.2, 0.25) is 0 Å². The monoisotopic (exact) mass is 540 g/mol. The van der Waals surface area contributed by atoms with Crippen LogP contribution in [0.1, 0.15) is 25.5 Å². The van der Waals surface area contributed by atoms with Crippen LogP contribution in [0.4, 0.5) is 5.13 Å². The van der Waals surface area contributed by atoms with Crippen molar-refractivity contribution in [3.8, 4) is 0 Å². The molecule has 1 aromatic heterocycles. The lowest BCUT2D eigenvalue weighted by molar-refractivity contribution is -0.926. The highest BCUT2D eigenvalue weighted by atomic mass is 35.5. The smallest absolute Gasteiger partial charge is 0.276 e. The molecule has 5 heterocycles. The second-order valence-corrected chi connectivity index (χ2v) is 12.3. The number of aromatic nitrogens is 1. The van der Waals surface area contributed by atoms with Crippen molar-refractivity contribution in [2.45, 2.75) is 42.1 Å². The molecule has 35 heavy (non-hydrogen) atoms. The minimum absolute atomic E-state index is 0.0824. The van der Waals surface area contributed by atoms with Crippen molar-refractivity contribution in [1.29, 1.82) is 0 Å². The van der Waals surface area contributed by atoms with Gasteiger partial charge in [-0.3, -0.25) is 14.5 Å². The first kappa shape index (κ1) is 24.3. The number of fused-ring (bicyclic) bond motifs is 3. The second-order valence-electron chi connectivity index (χ2n) is 9.51. The fraction of sp³-hybridized carbons (Fsp3) is 0.571. The number of hydrogen-bond donors (Lipinski definition) is 2. The molecular weight excluding hydrogens is 516 g/mol. The highest BCUT2D eigenvalue weighted by Gasteiger charge is 2.60. The van der Waals surface area contributed by atoms with Gasteiger partial charge in [0, 0.05) is 29.5 Å². The van der Waals surface area contributed by atoms with E-state index in [1.165, 1.54) is 23.8 Å². The number of carboxylic acid groups (broad SMARTS) is 1. The summed E-state index contributed by atoms with van der Waals surface area (Å²) in [5.41, 5.74) is 6.35. The normalized spacial score (nSPS) is 34.0. The topological polar surface area (TPSA) is 150 Å². The molecule has 11 nitrogen and oxygen atoms in total. The van der Waals surface area contributed by atoms with Crippen molar-refractivity contribution in [3.05, 3.63) is 22.3 Å². The number of nitrogens with one attached hydrogen (secondary N) is 1. The number of oxime groups is 1. The summed E-state index contributed by atoms with van der Waals surface area (Å²) in [6, 6.07) is -0.599. The molecule has 5 atom stereocenters. The van der Waals surface area contributed by atoms with Gasteiger partial charge in [-0.1, -0.05) is 5.16 Å². The first-order valence-electron chi connectivity index (χ1n) is 11.1. The van der Waals surface area contributed by atoms with E-state index in [-0.39, 0.29) is 27.1 Å². The van der Waals surface area contributed by atoms with Gasteiger partial charge in [-0.15, -0.1) is 34.7 Å². The Morgan fingerprint density at radius 1 is 1.51 bits per heavy atom. The Labute approximate surface area is 214 Å². The molecule has 0 aliphatic carbocycles. The summed E-state index contributed by atoms with van der Waals surface area (Å²) in [5, 5.41) is 19.8. The second kappa shape index (κ2) is 8.64. The number of thiazole rings is 1. The molecule has 4 aliphatic rings. The zero-order valence-corrected chi connectivity index (χ0v) is 21.5. The van der Waals surface area contributed by atoms with Crippen LogP contribution in [0.3, 0.4) is 0 Å². The number of β-lactam (4-membered cyclic amide) rings is 1. The summed E-state index contributed by atoms with van der Waals surface area (Å²) in [6.45, 7) is 4.35. The number of thioether (sulfide) groups is 1. The van der Waals surface area contributed by atoms with Gasteiger partial charge < -0.3 is 30.3 Å². The van der Waals surface area contributed by atoms with Crippen molar-refractivity contribution in [3.63, 3.8) is 0 Å². The molecule has 3 N–H and O–H groups in total. The number of piperidine rings is 1. The van der Waals surface area contributed by atoms with Gasteiger partial charge in [0.25, 0.3) is 11.8 Å². The fourth-order valence-electron chi connectivity index (χ4n) is 5.78. The summed E-state index contributed by atoms with van der Waals surface area (Å²) in [7, 11) is 1.29. The predicted molar refractivity (Wildman–Crippen MR) is 129 cm³/mol. The first-order valence-corrected chi connectivity index (χ1v) is 13.4. The molecule has 0 saturated carbocycles. The minimum atomic E-state index is -1.38. The average molecular weight is 541 g/mol. The number of nitrogen functional groups attached to an aromatic ring is 1. The summed E-state index contributed by atoms with van der Waals surface area (Å²) >= 11 is 9.30. The number of rotatable bonds is 7. The Morgan fingerprint density at radius 3 is 2.86 bits per heavy atom. The van der Waals surface area contributed by atoms with Gasteiger partial charge in [0.15, 0.2) is 10.8 Å². The lowest BCUT2D eigenvalue weighted by atomic mass is 9.98. The van der Waals surface area contributed by atoms with Crippen molar-refractivity contribution in [2.75, 3.05) is 38.2 Å². The van der Waals surface area contributed by atoms with E-state index in [4.69, 9.17) is 22.2 Å². The Morgan fingerprint density at radius 2 is 2.29 bits per heavy atom. The van der Waals surface area contributed by atoms with E-state index in [2.05, 4.69) is 22.4 Å². The molecule has 2 amide bonds. The Bertz CT molecular complexity index is 1170. The third kappa shape index (κ3) is 3.98. The average Bonchev–Trinajstić information content (AvgIpc) is 3.45. The van der Waals surface area contributed by atoms with E-state index in [1.807, 2.05) is 0 Å². The highest BCUT2D eigenvalue weighted by Crippen LogP contribution is 2.49. The molecule has 188 valence electrons. The number of carbonyl (C=O) groups excluding carboxylic acids is 3. The quantitative estimate of drug-likeness (QED) is 0.154. The van der Waals surface area contributed by atoms with E-state index < -0.39 is 29.2 Å². The standard InChI is InChI=1S/C21H25ClN6O5S2/c1-10-5-21(22)3-4-28(10,9-21)6-11-7-34-18-14(17(30)27(18)15(11)19(31)32)25-16(29)13(26-33-2)12-8-35-20(23)24-12/h8,10,14,18H,3-7,9H2,1-2H3,(H3-,23,24,25,29,31,32)/b26-13-/t10?,14-,18-,21?,28?/m1/s1. The molecular formula is C21H25ClN6O5S2. The summed E-state index contributed by atoms with van der Waals surface area (Å²) in [6.07, 6.45) is 1.79. The van der Waals surface area contributed by atoms with Crippen molar-refractivity contribution >= 4 is 63.3 Å². The van der Waals surface area contributed by atoms with Crippen LogP contribution in [0.25, 0.3) is 0 Å². The van der Waals surface area contributed by atoms with Gasteiger partial charge in [0.2, 0.25) is 0 Å². The van der Waals surface area contributed by atoms with E-state index in [0.717, 1.165) is 41.8 Å². The highest BCUT2D eigenvalue weighted by molar-refractivity contribution is 8.00. The largest absolute Gasteiger partial charge is 0.543 e. The number of aliphatic carboxylic acids is 1. The summed E-state index contributed by atoms with van der Waals surface area (Å²) < 4.78 is 0.733. The van der Waals surface area contributed by atoms with Gasteiger partial charge in [-0.05, 0) is 6.92 Å². The minimum Gasteiger partial charge on any atom is -0.543 e. The number of carbonyl (C=O) groups is 3. The Balaban J connectivity index is 1.35. The molecule has 3 unspecified atom stereocenters. The number of halogens is 1. The molecule has 3 fully saturated rings. The zero-order valence-electron chi connectivity index (χ0n) is 19.2. The lowest BCUT2D eigenvalue weighted by Crippen LogP contribution is -2.72. The van der Waals surface area contributed by atoms with Gasteiger partial charge in [-0.25, -0.2) is 4.98 Å². The van der Waals surface area contributed by atoms with Crippen LogP contribution in [0, 0.1) is 0 Å². The fourth-order valence-corrected chi connectivity index (χ4v) is 8.21. The molecule has 4 aliphatic heterocycles. The van der Waals surface area contributed by atoms with E-state index >= 15 is 0 Å². The maximum absolute atomic E-state index is 13.1. The van der Waals surface area contributed by atoms with Crippen molar-refractivity contribution in [2.24, 2.45) is 5.16 Å². The van der Waals surface area contributed by atoms with Crippen LogP contribution in [0.5, 0.6) is 0 Å². The molecule has 14 heteroatoms. The number of alkyl halides is 1. The Kier molecular flexibility index (Phi) is 6.01. The number of hydrogen-bond acceptors (Lipinski definition) is 10. The van der Waals surface area contributed by atoms with Gasteiger partial charge >= 0.3 is 0 Å². The molecule has 0 spiro atoms. The maximum atomic E-state index is 13.1. The number of quaternary nitrogens is 1. The summed E-state index contributed by atoms with van der Waals surface area (Å²) in [4.78, 5) is 48.0. The van der Waals surface area contributed by atoms with E-state index in [1.54, 1.807) is 5.38 Å². The molecule has 0 aromatic carbocycles. The molecule has 2 bridgehead atoms. The first-order chi connectivity index (χ1) is 16.6. The van der Waals surface area contributed by atoms with Gasteiger partial charge in [0.05, 0.1) is 30.8 Å². The predicted octanol–water partition coefficient (Wildman–Crippen LogP) is -0.530. The molecule has 5 rings (SSSR count). The van der Waals surface area contributed by atoms with Crippen LogP contribution in [0.15, 0.2) is 21.8 Å². The summed E-state index contributed by atoms with van der Waals surface area (Å²) in [5.74, 6) is -2.14. The number of anilines is 1.